The summed E-state index contributed by atoms with van der Waals surface area (Å²) in [6.07, 6.45) is -0.822. The Hall–Kier alpha value is -2.88. The fourth-order valence-electron chi connectivity index (χ4n) is 5.53. The number of likely N-dealkylation sites (tertiary alicyclic amines) is 1. The Morgan fingerprint density at radius 2 is 1.79 bits per heavy atom. The van der Waals surface area contributed by atoms with Crippen molar-refractivity contribution in [2.24, 2.45) is 5.41 Å². The number of carbonyl (C=O) groups is 1. The molecule has 1 spiro atoms. The number of aromatic nitrogens is 2. The first-order valence-electron chi connectivity index (χ1n) is 11.7. The minimum Gasteiger partial charge on any atom is -0.337 e. The molecule has 1 aromatic heterocycles. The highest BCUT2D eigenvalue weighted by Crippen LogP contribution is 2.48. The first-order valence-corrected chi connectivity index (χ1v) is 11.7. The molecule has 0 bridgehead atoms. The van der Waals surface area contributed by atoms with Crippen molar-refractivity contribution in [1.82, 2.24) is 25.1 Å². The zero-order valence-electron chi connectivity index (χ0n) is 19.1. The lowest BCUT2D eigenvalue weighted by Gasteiger charge is -2.59. The molecule has 0 radical (unpaired) electrons. The standard InChI is InChI=1S/C24H29F3N6O/c1-17-13-32(21-28-11-19(12-29-21)24(25,26)27)7-8-33(17)22(34)30-20-9-23(10-20)15-31(16-23)14-18-5-3-2-4-6-18/h2-6,11-12,17,20H,7-10,13-16H2,1H3,(H,30,34)/t17-/m0/s1. The van der Waals surface area contributed by atoms with Crippen molar-refractivity contribution in [2.45, 2.75) is 44.6 Å². The summed E-state index contributed by atoms with van der Waals surface area (Å²) in [6, 6.07) is 10.5. The van der Waals surface area contributed by atoms with Crippen LogP contribution in [0.25, 0.3) is 0 Å². The van der Waals surface area contributed by atoms with Crippen LogP contribution in [0.2, 0.25) is 0 Å². The first kappa shape index (κ1) is 22.9. The van der Waals surface area contributed by atoms with Crippen molar-refractivity contribution in [3.63, 3.8) is 0 Å². The van der Waals surface area contributed by atoms with Gasteiger partial charge in [0.25, 0.3) is 0 Å². The van der Waals surface area contributed by atoms with Crippen LogP contribution in [0.5, 0.6) is 0 Å². The number of hydrogen-bond acceptors (Lipinski definition) is 5. The molecule has 2 amide bonds. The summed E-state index contributed by atoms with van der Waals surface area (Å²) in [6.45, 7) is 6.50. The number of benzene rings is 1. The van der Waals surface area contributed by atoms with Gasteiger partial charge in [-0.2, -0.15) is 13.2 Å². The van der Waals surface area contributed by atoms with E-state index in [0.717, 1.165) is 44.9 Å². The van der Waals surface area contributed by atoms with Crippen molar-refractivity contribution < 1.29 is 18.0 Å². The van der Waals surface area contributed by atoms with Gasteiger partial charge in [0.2, 0.25) is 5.95 Å². The number of halogens is 3. The zero-order chi connectivity index (χ0) is 23.9. The van der Waals surface area contributed by atoms with Gasteiger partial charge in [0.1, 0.15) is 0 Å². The van der Waals surface area contributed by atoms with Gasteiger partial charge in [0.15, 0.2) is 0 Å². The smallest absolute Gasteiger partial charge is 0.337 e. The molecule has 2 saturated heterocycles. The molecule has 182 valence electrons. The minimum atomic E-state index is -4.46. The summed E-state index contributed by atoms with van der Waals surface area (Å²) in [7, 11) is 0. The van der Waals surface area contributed by atoms with E-state index in [1.165, 1.54) is 5.56 Å². The average Bonchev–Trinajstić information content (AvgIpc) is 2.76. The number of nitrogens with one attached hydrogen (secondary N) is 1. The number of nitrogens with zero attached hydrogens (tertiary/aromatic N) is 5. The van der Waals surface area contributed by atoms with E-state index in [0.29, 0.717) is 25.0 Å². The highest BCUT2D eigenvalue weighted by atomic mass is 19.4. The summed E-state index contributed by atoms with van der Waals surface area (Å²) in [5.41, 5.74) is 0.809. The molecule has 1 N–H and O–H groups in total. The van der Waals surface area contributed by atoms with Crippen LogP contribution < -0.4 is 10.2 Å². The summed E-state index contributed by atoms with van der Waals surface area (Å²) < 4.78 is 38.2. The molecule has 10 heteroatoms. The van der Waals surface area contributed by atoms with E-state index >= 15 is 0 Å². The lowest BCUT2D eigenvalue weighted by molar-refractivity contribution is -0.138. The maximum Gasteiger partial charge on any atom is 0.419 e. The number of anilines is 1. The summed E-state index contributed by atoms with van der Waals surface area (Å²) in [4.78, 5) is 26.7. The minimum absolute atomic E-state index is 0.0687. The summed E-state index contributed by atoms with van der Waals surface area (Å²) in [5.74, 6) is 0.255. The molecule has 1 atom stereocenters. The van der Waals surface area contributed by atoms with Gasteiger partial charge < -0.3 is 15.1 Å². The van der Waals surface area contributed by atoms with Crippen LogP contribution in [0.1, 0.15) is 30.9 Å². The van der Waals surface area contributed by atoms with Crippen LogP contribution >= 0.6 is 0 Å². The number of amides is 2. The molecule has 2 aromatic rings. The Labute approximate surface area is 197 Å². The molecule has 7 nitrogen and oxygen atoms in total. The van der Waals surface area contributed by atoms with E-state index in [4.69, 9.17) is 0 Å². The zero-order valence-corrected chi connectivity index (χ0v) is 19.1. The molecular formula is C24H29F3N6O. The van der Waals surface area contributed by atoms with Gasteiger partial charge >= 0.3 is 12.2 Å². The normalized spacial score (nSPS) is 22.9. The summed E-state index contributed by atoms with van der Waals surface area (Å²) in [5, 5.41) is 3.18. The number of carbonyl (C=O) groups excluding carboxylic acids is 1. The van der Waals surface area contributed by atoms with Crippen molar-refractivity contribution in [3.8, 4) is 0 Å². The van der Waals surface area contributed by atoms with Crippen LogP contribution in [0.4, 0.5) is 23.9 Å². The lowest BCUT2D eigenvalue weighted by Crippen LogP contribution is -2.67. The van der Waals surface area contributed by atoms with Gasteiger partial charge in [0.05, 0.1) is 5.56 Å². The average molecular weight is 475 g/mol. The second-order valence-corrected chi connectivity index (χ2v) is 9.94. The number of urea groups is 1. The van der Waals surface area contributed by atoms with E-state index in [-0.39, 0.29) is 24.1 Å². The highest BCUT2D eigenvalue weighted by Gasteiger charge is 2.52. The molecule has 0 unspecified atom stereocenters. The quantitative estimate of drug-likeness (QED) is 0.736. The van der Waals surface area contributed by atoms with Crippen LogP contribution in [0.3, 0.4) is 0 Å². The lowest BCUT2D eigenvalue weighted by atomic mass is 9.60. The largest absolute Gasteiger partial charge is 0.419 e. The van der Waals surface area contributed by atoms with Crippen LogP contribution in [-0.2, 0) is 12.7 Å². The number of rotatable bonds is 4. The van der Waals surface area contributed by atoms with E-state index in [9.17, 15) is 18.0 Å². The SMILES string of the molecule is C[C@H]1CN(c2ncc(C(F)(F)F)cn2)CCN1C(=O)NC1CC2(C1)CN(Cc1ccccc1)C2. The maximum absolute atomic E-state index is 12.9. The van der Waals surface area contributed by atoms with Gasteiger partial charge in [-0.05, 0) is 30.7 Å². The predicted molar refractivity (Wildman–Crippen MR) is 121 cm³/mol. The van der Waals surface area contributed by atoms with Crippen LogP contribution in [-0.4, -0.2) is 70.6 Å². The van der Waals surface area contributed by atoms with E-state index in [2.05, 4.69) is 44.5 Å². The van der Waals surface area contributed by atoms with Crippen molar-refractivity contribution in [3.05, 3.63) is 53.9 Å². The fourth-order valence-corrected chi connectivity index (χ4v) is 5.53. The number of hydrogen-bond donors (Lipinski definition) is 1. The Morgan fingerprint density at radius 3 is 2.41 bits per heavy atom. The first-order chi connectivity index (χ1) is 16.2. The Balaban J connectivity index is 1.06. The van der Waals surface area contributed by atoms with Crippen molar-refractivity contribution >= 4 is 12.0 Å². The van der Waals surface area contributed by atoms with Gasteiger partial charge in [-0.15, -0.1) is 0 Å². The Morgan fingerprint density at radius 1 is 1.12 bits per heavy atom. The third-order valence-corrected chi connectivity index (χ3v) is 7.19. The Kier molecular flexibility index (Phi) is 5.87. The molecular weight excluding hydrogens is 445 g/mol. The fraction of sp³-hybridized carbons (Fsp3) is 0.542. The molecule has 34 heavy (non-hydrogen) atoms. The van der Waals surface area contributed by atoms with E-state index < -0.39 is 11.7 Å². The number of alkyl halides is 3. The molecule has 2 aliphatic heterocycles. The highest BCUT2D eigenvalue weighted by molar-refractivity contribution is 5.75. The van der Waals surface area contributed by atoms with Crippen LogP contribution in [0.15, 0.2) is 42.7 Å². The van der Waals surface area contributed by atoms with E-state index in [1.54, 1.807) is 4.90 Å². The second kappa shape index (κ2) is 8.72. The van der Waals surface area contributed by atoms with Gasteiger partial charge in [-0.25, -0.2) is 14.8 Å². The molecule has 3 heterocycles. The molecule has 1 saturated carbocycles. The van der Waals surface area contributed by atoms with Crippen molar-refractivity contribution in [2.75, 3.05) is 37.6 Å². The van der Waals surface area contributed by atoms with Gasteiger partial charge in [0, 0.05) is 63.7 Å². The number of piperazine rings is 1. The van der Waals surface area contributed by atoms with Crippen molar-refractivity contribution in [1.29, 1.82) is 0 Å². The van der Waals surface area contributed by atoms with E-state index in [1.807, 2.05) is 17.9 Å². The summed E-state index contributed by atoms with van der Waals surface area (Å²) >= 11 is 0. The Bertz CT molecular complexity index is 1000. The van der Waals surface area contributed by atoms with Gasteiger partial charge in [-0.3, -0.25) is 4.90 Å². The monoisotopic (exact) mass is 474 g/mol. The molecule has 3 aliphatic rings. The molecule has 1 aromatic carbocycles. The molecule has 1 aliphatic carbocycles. The predicted octanol–water partition coefficient (Wildman–Crippen LogP) is 3.38. The second-order valence-electron chi connectivity index (χ2n) is 9.94. The molecule has 5 rings (SSSR count). The molecule has 3 fully saturated rings. The maximum atomic E-state index is 12.9. The van der Waals surface area contributed by atoms with Crippen LogP contribution in [0, 0.1) is 5.41 Å². The topological polar surface area (TPSA) is 64.6 Å². The third kappa shape index (κ3) is 4.68. The van der Waals surface area contributed by atoms with Gasteiger partial charge in [-0.1, -0.05) is 30.3 Å². The third-order valence-electron chi connectivity index (χ3n) is 7.19.